The summed E-state index contributed by atoms with van der Waals surface area (Å²) in [5.41, 5.74) is 0. The van der Waals surface area contributed by atoms with Crippen molar-refractivity contribution in [2.24, 2.45) is 0 Å². The van der Waals surface area contributed by atoms with Gasteiger partial charge in [0.25, 0.3) is 0 Å². The lowest BCUT2D eigenvalue weighted by Crippen LogP contribution is -2.18. The van der Waals surface area contributed by atoms with Gasteiger partial charge in [-0.2, -0.15) is 0 Å². The van der Waals surface area contributed by atoms with Crippen molar-refractivity contribution in [1.29, 1.82) is 0 Å². The van der Waals surface area contributed by atoms with Crippen LogP contribution in [0.25, 0.3) is 0 Å². The zero-order valence-corrected chi connectivity index (χ0v) is 9.11. The molecule has 0 aromatic carbocycles. The fraction of sp³-hybridized carbons (Fsp3) is 1.00. The van der Waals surface area contributed by atoms with Gasteiger partial charge in [-0.25, -0.2) is 0 Å². The number of rotatable bonds is 10. The molecule has 0 aliphatic carbocycles. The maximum Gasteiger partial charge on any atom is 0.0700 e. The van der Waals surface area contributed by atoms with E-state index in [1.54, 1.807) is 7.11 Å². The highest BCUT2D eigenvalue weighted by molar-refractivity contribution is 6.17. The SMILES string of the molecule is COCCOCCCNCCCCl. The van der Waals surface area contributed by atoms with Crippen molar-refractivity contribution in [1.82, 2.24) is 5.32 Å². The highest BCUT2D eigenvalue weighted by Crippen LogP contribution is 1.84. The van der Waals surface area contributed by atoms with Gasteiger partial charge in [0.05, 0.1) is 13.2 Å². The number of hydrogen-bond donors (Lipinski definition) is 1. The van der Waals surface area contributed by atoms with Gasteiger partial charge in [0.2, 0.25) is 0 Å². The molecule has 3 nitrogen and oxygen atoms in total. The van der Waals surface area contributed by atoms with Gasteiger partial charge in [-0.05, 0) is 25.9 Å². The van der Waals surface area contributed by atoms with Gasteiger partial charge < -0.3 is 14.8 Å². The number of hydrogen-bond acceptors (Lipinski definition) is 3. The first-order chi connectivity index (χ1) is 6.41. The summed E-state index contributed by atoms with van der Waals surface area (Å²) in [6, 6.07) is 0. The minimum absolute atomic E-state index is 0.680. The average molecular weight is 210 g/mol. The molecule has 0 rings (SSSR count). The molecule has 0 saturated heterocycles. The van der Waals surface area contributed by atoms with Crippen LogP contribution >= 0.6 is 11.6 Å². The molecule has 0 aromatic rings. The Morgan fingerprint density at radius 2 is 1.85 bits per heavy atom. The van der Waals surface area contributed by atoms with Crippen LogP contribution in [-0.2, 0) is 9.47 Å². The van der Waals surface area contributed by atoms with Crippen molar-refractivity contribution in [3.63, 3.8) is 0 Å². The lowest BCUT2D eigenvalue weighted by molar-refractivity contribution is 0.0695. The average Bonchev–Trinajstić information content (AvgIpc) is 2.16. The smallest absolute Gasteiger partial charge is 0.0700 e. The van der Waals surface area contributed by atoms with Crippen LogP contribution in [0, 0.1) is 0 Å². The molecule has 0 aliphatic heterocycles. The number of methoxy groups -OCH3 is 1. The fourth-order valence-electron chi connectivity index (χ4n) is 0.860. The van der Waals surface area contributed by atoms with Gasteiger partial charge in [0.1, 0.15) is 0 Å². The van der Waals surface area contributed by atoms with Crippen molar-refractivity contribution in [2.75, 3.05) is 45.9 Å². The highest BCUT2D eigenvalue weighted by Gasteiger charge is 1.89. The Balaban J connectivity index is 2.76. The van der Waals surface area contributed by atoms with Crippen molar-refractivity contribution in [3.05, 3.63) is 0 Å². The normalized spacial score (nSPS) is 10.6. The molecule has 0 heterocycles. The second kappa shape index (κ2) is 12.2. The summed E-state index contributed by atoms with van der Waals surface area (Å²) in [5.74, 6) is 0.733. The molecule has 0 amide bonds. The first-order valence-corrected chi connectivity index (χ1v) is 5.28. The molecule has 0 saturated carbocycles. The van der Waals surface area contributed by atoms with Crippen LogP contribution in [0.5, 0.6) is 0 Å². The Hall–Kier alpha value is 0.170. The lowest BCUT2D eigenvalue weighted by Gasteiger charge is -2.04. The summed E-state index contributed by atoms with van der Waals surface area (Å²) < 4.78 is 10.1. The van der Waals surface area contributed by atoms with Gasteiger partial charge in [-0.1, -0.05) is 0 Å². The summed E-state index contributed by atoms with van der Waals surface area (Å²) >= 11 is 5.52. The monoisotopic (exact) mass is 209 g/mol. The molecule has 0 fully saturated rings. The molecule has 0 aliphatic rings. The summed E-state index contributed by atoms with van der Waals surface area (Å²) in [6.07, 6.45) is 2.08. The van der Waals surface area contributed by atoms with E-state index >= 15 is 0 Å². The quantitative estimate of drug-likeness (QED) is 0.434. The van der Waals surface area contributed by atoms with Crippen molar-refractivity contribution >= 4 is 11.6 Å². The molecule has 0 spiro atoms. The van der Waals surface area contributed by atoms with Crippen molar-refractivity contribution in [3.8, 4) is 0 Å². The third-order valence-electron chi connectivity index (χ3n) is 1.56. The van der Waals surface area contributed by atoms with Crippen LogP contribution < -0.4 is 5.32 Å². The third-order valence-corrected chi connectivity index (χ3v) is 1.83. The second-order valence-corrected chi connectivity index (χ2v) is 3.13. The molecule has 0 bridgehead atoms. The molecule has 0 aromatic heterocycles. The van der Waals surface area contributed by atoms with Gasteiger partial charge in [0, 0.05) is 19.6 Å². The lowest BCUT2D eigenvalue weighted by atomic mass is 10.4. The fourth-order valence-corrected chi connectivity index (χ4v) is 0.994. The first-order valence-electron chi connectivity index (χ1n) is 4.75. The number of halogens is 1. The molecule has 4 heteroatoms. The predicted molar refractivity (Wildman–Crippen MR) is 55.5 cm³/mol. The van der Waals surface area contributed by atoms with E-state index in [1.807, 2.05) is 0 Å². The van der Waals surface area contributed by atoms with Gasteiger partial charge >= 0.3 is 0 Å². The topological polar surface area (TPSA) is 30.5 Å². The molecule has 0 radical (unpaired) electrons. The Kier molecular flexibility index (Phi) is 12.3. The zero-order chi connectivity index (χ0) is 9.78. The van der Waals surface area contributed by atoms with Gasteiger partial charge in [-0.15, -0.1) is 11.6 Å². The van der Waals surface area contributed by atoms with E-state index in [0.29, 0.717) is 13.2 Å². The maximum absolute atomic E-state index is 5.52. The van der Waals surface area contributed by atoms with E-state index in [9.17, 15) is 0 Å². The van der Waals surface area contributed by atoms with Crippen LogP contribution in [0.3, 0.4) is 0 Å². The van der Waals surface area contributed by atoms with Crippen LogP contribution in [-0.4, -0.2) is 45.9 Å². The Morgan fingerprint density at radius 3 is 2.54 bits per heavy atom. The Morgan fingerprint density at radius 1 is 1.08 bits per heavy atom. The zero-order valence-electron chi connectivity index (χ0n) is 8.35. The van der Waals surface area contributed by atoms with Gasteiger partial charge in [-0.3, -0.25) is 0 Å². The molecule has 0 atom stereocenters. The van der Waals surface area contributed by atoms with E-state index in [2.05, 4.69) is 5.32 Å². The number of alkyl halides is 1. The van der Waals surface area contributed by atoms with Crippen molar-refractivity contribution < 1.29 is 9.47 Å². The third kappa shape index (κ3) is 12.2. The van der Waals surface area contributed by atoms with Gasteiger partial charge in [0.15, 0.2) is 0 Å². The molecule has 0 unspecified atom stereocenters. The first kappa shape index (κ1) is 13.2. The molecular formula is C9H20ClNO2. The Labute approximate surface area is 85.7 Å². The molecule has 13 heavy (non-hydrogen) atoms. The highest BCUT2D eigenvalue weighted by atomic mass is 35.5. The maximum atomic E-state index is 5.52. The standard InChI is InChI=1S/C9H20ClNO2/c1-12-8-9-13-7-3-6-11-5-2-4-10/h11H,2-9H2,1H3. The van der Waals surface area contributed by atoms with Crippen LogP contribution in [0.4, 0.5) is 0 Å². The molecular weight excluding hydrogens is 190 g/mol. The summed E-state index contributed by atoms with van der Waals surface area (Å²) in [4.78, 5) is 0. The number of nitrogens with one attached hydrogen (secondary N) is 1. The predicted octanol–water partition coefficient (Wildman–Crippen LogP) is 1.26. The minimum Gasteiger partial charge on any atom is -0.382 e. The summed E-state index contributed by atoms with van der Waals surface area (Å²) in [6.45, 7) is 4.18. The largest absolute Gasteiger partial charge is 0.382 e. The van der Waals surface area contributed by atoms with Crippen molar-refractivity contribution in [2.45, 2.75) is 12.8 Å². The van der Waals surface area contributed by atoms with E-state index < -0.39 is 0 Å². The van der Waals surface area contributed by atoms with Crippen LogP contribution in [0.2, 0.25) is 0 Å². The summed E-state index contributed by atoms with van der Waals surface area (Å²) in [7, 11) is 1.68. The number of ether oxygens (including phenoxy) is 2. The van der Waals surface area contributed by atoms with E-state index in [4.69, 9.17) is 21.1 Å². The summed E-state index contributed by atoms with van der Waals surface area (Å²) in [5, 5.41) is 3.28. The van der Waals surface area contributed by atoms with E-state index in [0.717, 1.165) is 38.4 Å². The van der Waals surface area contributed by atoms with E-state index in [1.165, 1.54) is 0 Å². The van der Waals surface area contributed by atoms with Crippen LogP contribution in [0.1, 0.15) is 12.8 Å². The van der Waals surface area contributed by atoms with Crippen LogP contribution in [0.15, 0.2) is 0 Å². The Bertz CT molecular complexity index is 83.7. The molecule has 1 N–H and O–H groups in total. The molecule has 80 valence electrons. The van der Waals surface area contributed by atoms with E-state index in [-0.39, 0.29) is 0 Å². The minimum atomic E-state index is 0.680. The second-order valence-electron chi connectivity index (χ2n) is 2.75.